The fourth-order valence-corrected chi connectivity index (χ4v) is 2.95. The Morgan fingerprint density at radius 2 is 1.94 bits per heavy atom. The molecular weight excluding hydrogens is 463 g/mol. The summed E-state index contributed by atoms with van der Waals surface area (Å²) < 4.78 is 19.3. The van der Waals surface area contributed by atoms with Gasteiger partial charge in [0.25, 0.3) is 5.91 Å². The van der Waals surface area contributed by atoms with Crippen molar-refractivity contribution in [3.05, 3.63) is 54.5 Å². The van der Waals surface area contributed by atoms with Crippen LogP contribution in [0, 0.1) is 0 Å². The number of hydrogen-bond donors (Lipinski definition) is 2. The van der Waals surface area contributed by atoms with Gasteiger partial charge in [0, 0.05) is 52.1 Å². The summed E-state index contributed by atoms with van der Waals surface area (Å²) in [5.41, 5.74) is -0.0305. The first-order valence-electron chi connectivity index (χ1n) is 11.9. The minimum Gasteiger partial charge on any atom is -0.444 e. The Morgan fingerprint density at radius 3 is 2.50 bits per heavy atom. The van der Waals surface area contributed by atoms with E-state index in [1.54, 1.807) is 43.5 Å². The highest BCUT2D eigenvalue weighted by atomic mass is 19.1. The first kappa shape index (κ1) is 30.3. The quantitative estimate of drug-likeness (QED) is 0.424. The topological polar surface area (TPSA) is 104 Å². The predicted molar refractivity (Wildman–Crippen MR) is 141 cm³/mol. The molecule has 10 heteroatoms. The number of amides is 2. The highest BCUT2D eigenvalue weighted by molar-refractivity contribution is 5.94. The van der Waals surface area contributed by atoms with Crippen LogP contribution >= 0.6 is 0 Å². The summed E-state index contributed by atoms with van der Waals surface area (Å²) in [6.07, 6.45) is 5.19. The van der Waals surface area contributed by atoms with E-state index in [0.29, 0.717) is 29.3 Å². The van der Waals surface area contributed by atoms with Crippen molar-refractivity contribution < 1.29 is 18.4 Å². The number of alkyl halides is 1. The molecule has 198 valence electrons. The molecule has 0 fully saturated rings. The van der Waals surface area contributed by atoms with Gasteiger partial charge in [0.2, 0.25) is 11.8 Å². The summed E-state index contributed by atoms with van der Waals surface area (Å²) in [7, 11) is 3.59. The number of nitrogens with zero attached hydrogens (tertiary/aromatic N) is 4. The molecule has 2 aromatic heterocycles. The first-order valence-corrected chi connectivity index (χ1v) is 11.9. The molecule has 2 aromatic rings. The van der Waals surface area contributed by atoms with Crippen molar-refractivity contribution in [2.24, 2.45) is 0 Å². The summed E-state index contributed by atoms with van der Waals surface area (Å²) in [5, 5.41) is 5.69. The van der Waals surface area contributed by atoms with Crippen molar-refractivity contribution in [2.75, 3.05) is 32.5 Å². The van der Waals surface area contributed by atoms with Crippen LogP contribution in [-0.4, -0.2) is 64.4 Å². The van der Waals surface area contributed by atoms with E-state index in [2.05, 4.69) is 27.2 Å². The Labute approximate surface area is 213 Å². The lowest BCUT2D eigenvalue weighted by molar-refractivity contribution is -0.126. The van der Waals surface area contributed by atoms with E-state index in [9.17, 15) is 14.0 Å². The molecule has 36 heavy (non-hydrogen) atoms. The van der Waals surface area contributed by atoms with Crippen LogP contribution in [0.4, 0.5) is 10.2 Å². The van der Waals surface area contributed by atoms with E-state index < -0.39 is 11.6 Å². The second-order valence-corrected chi connectivity index (χ2v) is 8.62. The van der Waals surface area contributed by atoms with Crippen molar-refractivity contribution >= 4 is 17.6 Å². The molecule has 0 bridgehead atoms. The van der Waals surface area contributed by atoms with Crippen LogP contribution in [0.25, 0.3) is 11.5 Å². The van der Waals surface area contributed by atoms with Crippen molar-refractivity contribution in [3.63, 3.8) is 0 Å². The Balaban J connectivity index is 0.00000316. The number of anilines is 1. The molecule has 2 N–H and O–H groups in total. The molecular formula is C26H39FN6O3. The molecule has 0 aliphatic rings. The number of carbonyl (C=O) groups excluding carboxylic acids is 2. The minimum absolute atomic E-state index is 0.0496. The highest BCUT2D eigenvalue weighted by Gasteiger charge is 2.21. The van der Waals surface area contributed by atoms with Crippen LogP contribution in [0.1, 0.15) is 58.5 Å². The number of aromatic nitrogens is 2. The fourth-order valence-electron chi connectivity index (χ4n) is 2.95. The Morgan fingerprint density at radius 1 is 1.28 bits per heavy atom. The van der Waals surface area contributed by atoms with Gasteiger partial charge in [-0.15, -0.1) is 0 Å². The maximum Gasteiger partial charge on any atom is 0.277 e. The maximum absolute atomic E-state index is 13.8. The number of nitrogens with one attached hydrogen (secondary N) is 2. The first-order chi connectivity index (χ1) is 16.9. The lowest BCUT2D eigenvalue weighted by atomic mass is 10.2. The average Bonchev–Trinajstić information content (AvgIpc) is 3.31. The summed E-state index contributed by atoms with van der Waals surface area (Å²) in [4.78, 5) is 36.7. The van der Waals surface area contributed by atoms with Crippen LogP contribution in [-0.2, 0) is 4.79 Å². The van der Waals surface area contributed by atoms with Crippen LogP contribution in [0.3, 0.4) is 0 Å². The van der Waals surface area contributed by atoms with Gasteiger partial charge in [0.1, 0.15) is 17.7 Å². The SMILES string of the molecule is C=C(/C(=C\N(C)C)NC(=O)c1coc(-c2ccnc(NCC(C)(C)F)c2)n1)N(CCC)C(C)=O.CC. The second kappa shape index (κ2) is 14.0. The van der Waals surface area contributed by atoms with E-state index in [1.165, 1.54) is 31.9 Å². The minimum atomic E-state index is -1.40. The highest BCUT2D eigenvalue weighted by Crippen LogP contribution is 2.22. The largest absolute Gasteiger partial charge is 0.444 e. The molecule has 0 aliphatic heterocycles. The molecule has 0 aliphatic carbocycles. The molecule has 0 spiro atoms. The number of rotatable bonds is 11. The van der Waals surface area contributed by atoms with Crippen LogP contribution < -0.4 is 10.6 Å². The molecule has 0 radical (unpaired) electrons. The van der Waals surface area contributed by atoms with Gasteiger partial charge in [-0.2, -0.15) is 0 Å². The monoisotopic (exact) mass is 502 g/mol. The average molecular weight is 503 g/mol. The summed E-state index contributed by atoms with van der Waals surface area (Å²) in [5.74, 6) is -0.0212. The predicted octanol–water partition coefficient (Wildman–Crippen LogP) is 4.83. The van der Waals surface area contributed by atoms with E-state index in [-0.39, 0.29) is 24.0 Å². The molecule has 0 saturated carbocycles. The Hall–Kier alpha value is -3.69. The zero-order chi connectivity index (χ0) is 27.5. The smallest absolute Gasteiger partial charge is 0.277 e. The Kier molecular flexibility index (Phi) is 11.8. The van der Waals surface area contributed by atoms with Crippen molar-refractivity contribution in [1.29, 1.82) is 0 Å². The van der Waals surface area contributed by atoms with Gasteiger partial charge in [-0.3, -0.25) is 9.59 Å². The molecule has 0 aromatic carbocycles. The number of halogens is 1. The third-order valence-corrected chi connectivity index (χ3v) is 4.53. The molecule has 2 heterocycles. The second-order valence-electron chi connectivity index (χ2n) is 8.62. The number of oxazole rings is 1. The number of hydrogen-bond acceptors (Lipinski definition) is 7. The van der Waals surface area contributed by atoms with Crippen LogP contribution in [0.2, 0.25) is 0 Å². The maximum atomic E-state index is 13.8. The van der Waals surface area contributed by atoms with Crippen LogP contribution in [0.5, 0.6) is 0 Å². The van der Waals surface area contributed by atoms with Gasteiger partial charge in [-0.25, -0.2) is 14.4 Å². The molecule has 0 saturated heterocycles. The van der Waals surface area contributed by atoms with Gasteiger partial charge in [0.05, 0.1) is 11.4 Å². The zero-order valence-corrected chi connectivity index (χ0v) is 22.6. The standard InChI is InChI=1S/C24H33FN6O3.C2H6/c1-8-11-31(17(3)32)16(2)19(13-30(6)7)28-22(33)20-14-34-23(29-20)18-9-10-26-21(12-18)27-15-24(4,5)25;1-2/h9-10,12-14H,2,8,11,15H2,1,3-7H3,(H,26,27)(H,28,33);1-2H3/b19-13+;. The summed E-state index contributed by atoms with van der Waals surface area (Å²) in [6.45, 7) is 14.9. The van der Waals surface area contributed by atoms with Crippen molar-refractivity contribution in [1.82, 2.24) is 25.1 Å². The third-order valence-electron chi connectivity index (χ3n) is 4.53. The van der Waals surface area contributed by atoms with Gasteiger partial charge >= 0.3 is 0 Å². The van der Waals surface area contributed by atoms with Gasteiger partial charge < -0.3 is 24.9 Å². The van der Waals surface area contributed by atoms with Crippen molar-refractivity contribution in [3.8, 4) is 11.5 Å². The molecule has 9 nitrogen and oxygen atoms in total. The van der Waals surface area contributed by atoms with Gasteiger partial charge in [-0.05, 0) is 32.4 Å². The normalized spacial score (nSPS) is 11.2. The fraction of sp³-hybridized carbons (Fsp3) is 0.462. The van der Waals surface area contributed by atoms with E-state index in [1.807, 2.05) is 20.8 Å². The van der Waals surface area contributed by atoms with Gasteiger partial charge in [-0.1, -0.05) is 27.4 Å². The van der Waals surface area contributed by atoms with Crippen molar-refractivity contribution in [2.45, 2.75) is 53.6 Å². The van der Waals surface area contributed by atoms with E-state index in [0.717, 1.165) is 6.42 Å². The molecule has 0 atom stereocenters. The van der Waals surface area contributed by atoms with E-state index in [4.69, 9.17) is 4.42 Å². The lowest BCUT2D eigenvalue weighted by Gasteiger charge is -2.25. The number of carbonyl (C=O) groups is 2. The number of pyridine rings is 1. The Bertz CT molecular complexity index is 1060. The lowest BCUT2D eigenvalue weighted by Crippen LogP contribution is -2.35. The zero-order valence-electron chi connectivity index (χ0n) is 22.6. The third kappa shape index (κ3) is 9.52. The van der Waals surface area contributed by atoms with Gasteiger partial charge in [0.15, 0.2) is 5.69 Å². The molecule has 2 amide bonds. The van der Waals surface area contributed by atoms with Crippen LogP contribution in [0.15, 0.2) is 53.2 Å². The summed E-state index contributed by atoms with van der Waals surface area (Å²) >= 11 is 0. The molecule has 0 unspecified atom stereocenters. The van der Waals surface area contributed by atoms with E-state index >= 15 is 0 Å². The molecule has 2 rings (SSSR count). The summed E-state index contributed by atoms with van der Waals surface area (Å²) in [6, 6.07) is 3.34.